The van der Waals surface area contributed by atoms with E-state index in [1.165, 1.54) is 0 Å². The van der Waals surface area contributed by atoms with Gasteiger partial charge in [-0.15, -0.1) is 11.3 Å². The molecule has 1 unspecified atom stereocenters. The maximum absolute atomic E-state index is 9.87. The van der Waals surface area contributed by atoms with Crippen molar-refractivity contribution >= 4 is 22.9 Å². The van der Waals surface area contributed by atoms with E-state index in [0.29, 0.717) is 13.1 Å². The molecule has 0 amide bonds. The first-order valence-corrected chi connectivity index (χ1v) is 6.68. The van der Waals surface area contributed by atoms with Crippen molar-refractivity contribution in [3.63, 3.8) is 0 Å². The predicted molar refractivity (Wildman–Crippen MR) is 72.4 cm³/mol. The predicted octanol–water partition coefficient (Wildman–Crippen LogP) is 3.22. The van der Waals surface area contributed by atoms with Crippen LogP contribution in [0.2, 0.25) is 5.02 Å². The molecule has 2 nitrogen and oxygen atoms in total. The van der Waals surface area contributed by atoms with E-state index in [2.05, 4.69) is 5.32 Å². The first-order chi connectivity index (χ1) is 8.27. The fourth-order valence-corrected chi connectivity index (χ4v) is 2.48. The van der Waals surface area contributed by atoms with Crippen molar-refractivity contribution < 1.29 is 5.11 Å². The summed E-state index contributed by atoms with van der Waals surface area (Å²) >= 11 is 7.60. The van der Waals surface area contributed by atoms with Gasteiger partial charge in [-0.3, -0.25) is 0 Å². The van der Waals surface area contributed by atoms with Gasteiger partial charge >= 0.3 is 0 Å². The Hall–Kier alpha value is -0.870. The zero-order valence-electron chi connectivity index (χ0n) is 9.27. The first-order valence-electron chi connectivity index (χ1n) is 5.43. The van der Waals surface area contributed by atoms with Gasteiger partial charge in [0.25, 0.3) is 0 Å². The van der Waals surface area contributed by atoms with Crippen molar-refractivity contribution in [1.82, 2.24) is 5.32 Å². The molecule has 0 aliphatic rings. The summed E-state index contributed by atoms with van der Waals surface area (Å²) < 4.78 is 0. The van der Waals surface area contributed by atoms with E-state index in [1.54, 1.807) is 11.3 Å². The number of rotatable bonds is 5. The van der Waals surface area contributed by atoms with Crippen molar-refractivity contribution in [2.75, 3.05) is 6.54 Å². The zero-order chi connectivity index (χ0) is 12.1. The topological polar surface area (TPSA) is 32.3 Å². The Labute approximate surface area is 110 Å². The molecule has 0 aliphatic heterocycles. The van der Waals surface area contributed by atoms with Crippen LogP contribution in [0.15, 0.2) is 41.8 Å². The lowest BCUT2D eigenvalue weighted by Gasteiger charge is -2.10. The number of aliphatic hydroxyl groups excluding tert-OH is 1. The van der Waals surface area contributed by atoms with Gasteiger partial charge in [-0.1, -0.05) is 35.9 Å². The summed E-state index contributed by atoms with van der Waals surface area (Å²) in [4.78, 5) is 0.983. The fraction of sp³-hybridized carbons (Fsp3) is 0.231. The molecule has 2 N–H and O–H groups in total. The molecule has 0 saturated carbocycles. The lowest BCUT2D eigenvalue weighted by molar-refractivity contribution is 0.178. The molecular formula is C13H14ClNOS. The summed E-state index contributed by atoms with van der Waals surface area (Å²) in [5.41, 5.74) is 1.05. The van der Waals surface area contributed by atoms with Crippen LogP contribution in [-0.4, -0.2) is 11.7 Å². The van der Waals surface area contributed by atoms with Crippen LogP contribution >= 0.6 is 22.9 Å². The van der Waals surface area contributed by atoms with Gasteiger partial charge in [-0.25, -0.2) is 0 Å². The summed E-state index contributed by atoms with van der Waals surface area (Å²) in [6.45, 7) is 1.20. The van der Waals surface area contributed by atoms with Crippen LogP contribution < -0.4 is 5.32 Å². The van der Waals surface area contributed by atoms with Gasteiger partial charge in [0, 0.05) is 23.0 Å². The van der Waals surface area contributed by atoms with E-state index < -0.39 is 6.10 Å². The molecule has 1 atom stereocenters. The Morgan fingerprint density at radius 2 is 2.06 bits per heavy atom. The normalized spacial score (nSPS) is 12.6. The molecule has 2 rings (SSSR count). The number of thiophene rings is 1. The van der Waals surface area contributed by atoms with Crippen LogP contribution in [-0.2, 0) is 6.54 Å². The SMILES string of the molecule is OC(CNCc1ccccc1Cl)c1cccs1. The lowest BCUT2D eigenvalue weighted by atomic mass is 10.2. The van der Waals surface area contributed by atoms with Gasteiger partial charge in [-0.2, -0.15) is 0 Å². The standard InChI is InChI=1S/C13H14ClNOS/c14-11-5-2-1-4-10(11)8-15-9-12(16)13-6-3-7-17-13/h1-7,12,15-16H,8-9H2. The molecular weight excluding hydrogens is 254 g/mol. The highest BCUT2D eigenvalue weighted by atomic mass is 35.5. The second-order valence-electron chi connectivity index (χ2n) is 3.75. The Morgan fingerprint density at radius 1 is 1.24 bits per heavy atom. The van der Waals surface area contributed by atoms with Crippen LogP contribution in [0.1, 0.15) is 16.5 Å². The zero-order valence-corrected chi connectivity index (χ0v) is 10.8. The van der Waals surface area contributed by atoms with E-state index in [0.717, 1.165) is 15.5 Å². The van der Waals surface area contributed by atoms with Gasteiger partial charge in [0.05, 0.1) is 0 Å². The number of aliphatic hydroxyl groups is 1. The Morgan fingerprint density at radius 3 is 2.76 bits per heavy atom. The summed E-state index contributed by atoms with van der Waals surface area (Å²) in [6.07, 6.45) is -0.447. The number of hydrogen-bond acceptors (Lipinski definition) is 3. The van der Waals surface area contributed by atoms with Crippen LogP contribution in [0.3, 0.4) is 0 Å². The number of hydrogen-bond donors (Lipinski definition) is 2. The number of nitrogens with one attached hydrogen (secondary N) is 1. The average molecular weight is 268 g/mol. The largest absolute Gasteiger partial charge is 0.386 e. The minimum atomic E-state index is -0.447. The third-order valence-corrected chi connectivity index (χ3v) is 3.82. The van der Waals surface area contributed by atoms with Gasteiger partial charge in [0.15, 0.2) is 0 Å². The Kier molecular flexibility index (Phi) is 4.57. The third-order valence-electron chi connectivity index (χ3n) is 2.48. The molecule has 17 heavy (non-hydrogen) atoms. The molecule has 0 aliphatic carbocycles. The minimum Gasteiger partial charge on any atom is -0.386 e. The molecule has 0 bridgehead atoms. The van der Waals surface area contributed by atoms with Gasteiger partial charge in [0.1, 0.15) is 6.10 Å². The summed E-state index contributed by atoms with van der Waals surface area (Å²) in [5, 5.41) is 15.8. The molecule has 0 radical (unpaired) electrons. The van der Waals surface area contributed by atoms with Crippen molar-refractivity contribution in [3.05, 3.63) is 57.2 Å². The van der Waals surface area contributed by atoms with Crippen molar-refractivity contribution in [3.8, 4) is 0 Å². The van der Waals surface area contributed by atoms with E-state index in [9.17, 15) is 5.11 Å². The smallest absolute Gasteiger partial charge is 0.101 e. The Bertz CT molecular complexity index is 458. The van der Waals surface area contributed by atoms with Crippen molar-refractivity contribution in [1.29, 1.82) is 0 Å². The molecule has 1 aromatic carbocycles. The van der Waals surface area contributed by atoms with E-state index >= 15 is 0 Å². The van der Waals surface area contributed by atoms with Crippen molar-refractivity contribution in [2.24, 2.45) is 0 Å². The van der Waals surface area contributed by atoms with Gasteiger partial charge < -0.3 is 10.4 Å². The molecule has 0 saturated heterocycles. The fourth-order valence-electron chi connectivity index (χ4n) is 1.57. The van der Waals surface area contributed by atoms with Gasteiger partial charge in [0.2, 0.25) is 0 Å². The van der Waals surface area contributed by atoms with E-state index in [-0.39, 0.29) is 0 Å². The molecule has 1 heterocycles. The highest BCUT2D eigenvalue weighted by Gasteiger charge is 2.07. The van der Waals surface area contributed by atoms with E-state index in [1.807, 2.05) is 41.8 Å². The maximum atomic E-state index is 9.87. The summed E-state index contributed by atoms with van der Waals surface area (Å²) in [7, 11) is 0. The molecule has 4 heteroatoms. The average Bonchev–Trinajstić information content (AvgIpc) is 2.85. The lowest BCUT2D eigenvalue weighted by Crippen LogP contribution is -2.20. The van der Waals surface area contributed by atoms with Crippen LogP contribution in [0.5, 0.6) is 0 Å². The highest BCUT2D eigenvalue weighted by Crippen LogP contribution is 2.18. The van der Waals surface area contributed by atoms with Crippen molar-refractivity contribution in [2.45, 2.75) is 12.6 Å². The number of halogens is 1. The minimum absolute atomic E-state index is 0.447. The van der Waals surface area contributed by atoms with Crippen LogP contribution in [0.4, 0.5) is 0 Å². The number of benzene rings is 1. The van der Waals surface area contributed by atoms with Crippen LogP contribution in [0, 0.1) is 0 Å². The van der Waals surface area contributed by atoms with Gasteiger partial charge in [-0.05, 0) is 23.1 Å². The summed E-state index contributed by atoms with van der Waals surface area (Å²) in [6, 6.07) is 11.6. The maximum Gasteiger partial charge on any atom is 0.101 e. The second-order valence-corrected chi connectivity index (χ2v) is 5.14. The molecule has 1 aromatic heterocycles. The highest BCUT2D eigenvalue weighted by molar-refractivity contribution is 7.10. The van der Waals surface area contributed by atoms with Crippen LogP contribution in [0.25, 0.3) is 0 Å². The van der Waals surface area contributed by atoms with E-state index in [4.69, 9.17) is 11.6 Å². The summed E-state index contributed by atoms with van der Waals surface area (Å²) in [5.74, 6) is 0. The Balaban J connectivity index is 1.82. The third kappa shape index (κ3) is 3.54. The molecule has 2 aromatic rings. The first kappa shape index (κ1) is 12.6. The second kappa shape index (κ2) is 6.17. The quantitative estimate of drug-likeness (QED) is 0.872. The molecule has 0 fully saturated rings. The molecule has 0 spiro atoms. The monoisotopic (exact) mass is 267 g/mol. The molecule has 90 valence electrons.